The first-order valence-electron chi connectivity index (χ1n) is 22.7. The quantitative estimate of drug-likeness (QED) is 0.0210. The smallest absolute Gasteiger partial charge is 0.306 e. The summed E-state index contributed by atoms with van der Waals surface area (Å²) in [6.45, 7) is 3.82. The predicted molar refractivity (Wildman–Crippen MR) is 240 cm³/mol. The van der Waals surface area contributed by atoms with Crippen molar-refractivity contribution in [1.82, 2.24) is 0 Å². The summed E-state index contributed by atoms with van der Waals surface area (Å²) >= 11 is 0. The summed E-state index contributed by atoms with van der Waals surface area (Å²) in [7, 11) is 1.02. The Morgan fingerprint density at radius 2 is 1.38 bits per heavy atom. The Bertz CT molecular complexity index is 1400. The summed E-state index contributed by atoms with van der Waals surface area (Å²) < 4.78 is 33.8. The third-order valence-corrected chi connectivity index (χ3v) is 10.9. The minimum Gasteiger partial charge on any atom is -0.756 e. The van der Waals surface area contributed by atoms with Gasteiger partial charge in [-0.25, -0.2) is 0 Å². The van der Waals surface area contributed by atoms with Crippen LogP contribution in [0.5, 0.6) is 0 Å². The highest BCUT2D eigenvalue weighted by atomic mass is 31.2. The number of carbonyl (C=O) groups excluding carboxylic acids is 3. The standard InChI is InChI=1S/C48H80NO10P/c1-6-8-10-11-12-13-14-15-16-17-18-19-20-21-22-23-28-32-47(52)56-40-44(41-58-60(54,55)57-39-38-49(3,4)5)59-48(53)33-29-25-24-27-30-42-34-37-46(51)45(42)36-35-43(50)31-26-9-7-2/h12-13,15-16,18-19,24,27,34-37,42-45,50H,6-11,14,17,20-23,25-26,28-33,38-41H2,1-5H3/b13-12-,16-15-,19-18-,27-24-,36-35+/t42-,43-,44+,45+/m0/s1. The molecule has 60 heavy (non-hydrogen) atoms. The first kappa shape index (κ1) is 55.1. The number of unbranched alkanes of at least 4 members (excludes halogenated alkanes) is 10. The fourth-order valence-corrected chi connectivity index (χ4v) is 6.97. The zero-order chi connectivity index (χ0) is 44.3. The van der Waals surface area contributed by atoms with Gasteiger partial charge >= 0.3 is 11.9 Å². The Morgan fingerprint density at radius 1 is 0.783 bits per heavy atom. The second-order valence-corrected chi connectivity index (χ2v) is 18.1. The molecule has 0 bridgehead atoms. The van der Waals surface area contributed by atoms with Gasteiger partial charge in [0.25, 0.3) is 7.82 Å². The molecule has 5 atom stereocenters. The van der Waals surface area contributed by atoms with Crippen LogP contribution in [0.25, 0.3) is 0 Å². The molecule has 0 aromatic carbocycles. The summed E-state index contributed by atoms with van der Waals surface area (Å²) in [4.78, 5) is 50.1. The third-order valence-electron chi connectivity index (χ3n) is 9.95. The number of esters is 2. The maximum absolute atomic E-state index is 12.8. The Morgan fingerprint density at radius 3 is 2.07 bits per heavy atom. The Labute approximate surface area is 363 Å². The van der Waals surface area contributed by atoms with Crippen molar-refractivity contribution in [2.45, 2.75) is 154 Å². The number of aliphatic hydroxyl groups is 1. The normalized spacial score (nSPS) is 18.1. The molecule has 0 radical (unpaired) electrons. The fraction of sp³-hybridized carbons (Fsp3) is 0.688. The van der Waals surface area contributed by atoms with Gasteiger partial charge in [-0.1, -0.05) is 126 Å². The molecule has 12 heteroatoms. The van der Waals surface area contributed by atoms with Crippen molar-refractivity contribution in [1.29, 1.82) is 0 Å². The van der Waals surface area contributed by atoms with Crippen molar-refractivity contribution in [2.75, 3.05) is 47.5 Å². The maximum atomic E-state index is 12.8. The lowest BCUT2D eigenvalue weighted by atomic mass is 9.90. The van der Waals surface area contributed by atoms with Crippen LogP contribution in [0, 0.1) is 11.8 Å². The molecule has 0 aromatic heterocycles. The zero-order valence-electron chi connectivity index (χ0n) is 37.7. The van der Waals surface area contributed by atoms with Crippen LogP contribution < -0.4 is 4.89 Å². The van der Waals surface area contributed by atoms with Crippen LogP contribution in [0.1, 0.15) is 142 Å². The summed E-state index contributed by atoms with van der Waals surface area (Å²) in [6, 6.07) is 0. The number of ether oxygens (including phenoxy) is 2. The fourth-order valence-electron chi connectivity index (χ4n) is 6.24. The molecule has 1 N–H and O–H groups in total. The lowest BCUT2D eigenvalue weighted by Gasteiger charge is -2.28. The van der Waals surface area contributed by atoms with Crippen LogP contribution in [0.4, 0.5) is 0 Å². The number of ketones is 1. The maximum Gasteiger partial charge on any atom is 0.306 e. The van der Waals surface area contributed by atoms with Gasteiger partial charge in [0, 0.05) is 18.8 Å². The molecule has 1 aliphatic rings. The topological polar surface area (TPSA) is 148 Å². The molecular formula is C48H80NO10P. The first-order valence-corrected chi connectivity index (χ1v) is 24.2. The molecule has 0 spiro atoms. The lowest BCUT2D eigenvalue weighted by Crippen LogP contribution is -2.37. The minimum absolute atomic E-state index is 0.0117. The molecule has 0 aliphatic heterocycles. The Kier molecular flexibility index (Phi) is 31.8. The second kappa shape index (κ2) is 34.6. The molecule has 0 saturated heterocycles. The second-order valence-electron chi connectivity index (χ2n) is 16.7. The summed E-state index contributed by atoms with van der Waals surface area (Å²) in [5, 5.41) is 10.2. The number of carbonyl (C=O) groups is 3. The summed E-state index contributed by atoms with van der Waals surface area (Å²) in [6.07, 6.45) is 39.8. The van der Waals surface area contributed by atoms with Gasteiger partial charge < -0.3 is 33.0 Å². The van der Waals surface area contributed by atoms with E-state index >= 15 is 0 Å². The van der Waals surface area contributed by atoms with Gasteiger partial charge in [0.05, 0.1) is 33.9 Å². The number of phosphoric acid groups is 1. The van der Waals surface area contributed by atoms with Crippen molar-refractivity contribution >= 4 is 25.5 Å². The van der Waals surface area contributed by atoms with E-state index in [1.54, 1.807) is 12.2 Å². The van der Waals surface area contributed by atoms with Crippen LogP contribution in [0.3, 0.4) is 0 Å². The van der Waals surface area contributed by atoms with Gasteiger partial charge in [-0.3, -0.25) is 18.9 Å². The van der Waals surface area contributed by atoms with E-state index in [-0.39, 0.29) is 43.7 Å². The van der Waals surface area contributed by atoms with E-state index in [4.69, 9.17) is 18.5 Å². The van der Waals surface area contributed by atoms with E-state index in [1.165, 1.54) is 25.7 Å². The van der Waals surface area contributed by atoms with Crippen LogP contribution in [0.2, 0.25) is 0 Å². The van der Waals surface area contributed by atoms with Gasteiger partial charge in [0.1, 0.15) is 19.8 Å². The first-order chi connectivity index (χ1) is 28.8. The van der Waals surface area contributed by atoms with E-state index < -0.39 is 38.6 Å². The van der Waals surface area contributed by atoms with Gasteiger partial charge in [0.15, 0.2) is 11.9 Å². The minimum atomic E-state index is -4.69. The lowest BCUT2D eigenvalue weighted by molar-refractivity contribution is -0.870. The van der Waals surface area contributed by atoms with Gasteiger partial charge in [-0.15, -0.1) is 0 Å². The van der Waals surface area contributed by atoms with Gasteiger partial charge in [0.2, 0.25) is 0 Å². The van der Waals surface area contributed by atoms with Crippen molar-refractivity contribution in [3.63, 3.8) is 0 Å². The third kappa shape index (κ3) is 31.9. The number of aliphatic hydroxyl groups excluding tert-OH is 1. The largest absolute Gasteiger partial charge is 0.756 e. The number of likely N-dealkylation sites (N-methyl/N-ethyl adjacent to an activating group) is 1. The number of nitrogens with zero attached hydrogens (tertiary/aromatic N) is 1. The number of hydrogen-bond acceptors (Lipinski definition) is 10. The van der Waals surface area contributed by atoms with Crippen molar-refractivity contribution in [2.24, 2.45) is 11.8 Å². The average molecular weight is 862 g/mol. The van der Waals surface area contributed by atoms with Crippen molar-refractivity contribution < 1.29 is 52.0 Å². The molecule has 0 aromatic rings. The highest BCUT2D eigenvalue weighted by Crippen LogP contribution is 2.38. The molecule has 342 valence electrons. The van der Waals surface area contributed by atoms with Crippen molar-refractivity contribution in [3.05, 3.63) is 72.9 Å². The van der Waals surface area contributed by atoms with Gasteiger partial charge in [-0.05, 0) is 82.6 Å². The Hall–Kier alpha value is -2.92. The molecule has 0 saturated carbocycles. The van der Waals surface area contributed by atoms with Gasteiger partial charge in [-0.2, -0.15) is 0 Å². The van der Waals surface area contributed by atoms with Crippen LogP contribution in [-0.4, -0.2) is 87.0 Å². The van der Waals surface area contributed by atoms with E-state index in [0.717, 1.165) is 57.8 Å². The molecule has 1 aliphatic carbocycles. The molecule has 11 nitrogen and oxygen atoms in total. The molecule has 1 unspecified atom stereocenters. The molecular weight excluding hydrogens is 781 g/mol. The zero-order valence-corrected chi connectivity index (χ0v) is 38.6. The van der Waals surface area contributed by atoms with Crippen LogP contribution >= 0.6 is 7.82 Å². The molecule has 0 fully saturated rings. The Balaban J connectivity index is 2.48. The highest BCUT2D eigenvalue weighted by molar-refractivity contribution is 7.45. The van der Waals surface area contributed by atoms with E-state index in [0.29, 0.717) is 43.1 Å². The number of allylic oxidation sites excluding steroid dienone is 11. The number of rotatable bonds is 37. The number of quaternary nitrogens is 1. The number of phosphoric ester groups is 1. The average Bonchev–Trinajstić information content (AvgIpc) is 3.55. The van der Waals surface area contributed by atoms with Crippen molar-refractivity contribution in [3.8, 4) is 0 Å². The molecule has 0 amide bonds. The SMILES string of the molecule is CCCCC/C=C\C/C=C\C/C=C\CCCCCCC(=O)OC[C@H](COP(=O)([O-])OCC[N+](C)(C)C)OC(=O)CCC/C=C\C[C@H]1C=CC(=O)[C@@H]1/C=C/[C@@H](O)CCCCC. The monoisotopic (exact) mass is 862 g/mol. The highest BCUT2D eigenvalue weighted by Gasteiger charge is 2.27. The molecule has 1 rings (SSSR count). The molecule has 0 heterocycles. The predicted octanol–water partition coefficient (Wildman–Crippen LogP) is 10.0. The van der Waals surface area contributed by atoms with Crippen LogP contribution in [0.15, 0.2) is 72.9 Å². The van der Waals surface area contributed by atoms with E-state index in [2.05, 4.69) is 50.3 Å². The number of hydrogen-bond donors (Lipinski definition) is 1. The summed E-state index contributed by atoms with van der Waals surface area (Å²) in [5.41, 5.74) is 0. The van der Waals surface area contributed by atoms with E-state index in [9.17, 15) is 28.9 Å². The van der Waals surface area contributed by atoms with Crippen LogP contribution in [-0.2, 0) is 37.5 Å². The van der Waals surface area contributed by atoms with E-state index in [1.807, 2.05) is 45.4 Å². The summed E-state index contributed by atoms with van der Waals surface area (Å²) in [5.74, 6) is -1.27.